The fraction of sp³-hybridized carbons (Fsp3) is 0.533. The Kier molecular flexibility index (Phi) is 5.97. The molecule has 0 aliphatic heterocycles. The van der Waals surface area contributed by atoms with E-state index in [1.807, 2.05) is 6.07 Å². The molecule has 0 saturated carbocycles. The predicted octanol–water partition coefficient (Wildman–Crippen LogP) is 1.22. The Hall–Kier alpha value is -2.09. The number of carbonyl (C=O) groups is 3. The number of urea groups is 1. The number of thiophene rings is 1. The van der Waals surface area contributed by atoms with Gasteiger partial charge in [0.1, 0.15) is 6.04 Å². The minimum Gasteiger partial charge on any atom is -0.352 e. The average Bonchev–Trinajstić information content (AvgIpc) is 2.86. The first-order chi connectivity index (χ1) is 11.0. The van der Waals surface area contributed by atoms with Crippen molar-refractivity contribution in [1.29, 1.82) is 0 Å². The highest BCUT2D eigenvalue weighted by Crippen LogP contribution is 2.28. The van der Waals surface area contributed by atoms with E-state index in [4.69, 9.17) is 5.73 Å². The van der Waals surface area contributed by atoms with Crippen LogP contribution in [-0.2, 0) is 17.6 Å². The van der Waals surface area contributed by atoms with E-state index in [1.165, 1.54) is 41.5 Å². The van der Waals surface area contributed by atoms with E-state index < -0.39 is 18.0 Å². The van der Waals surface area contributed by atoms with E-state index in [0.717, 1.165) is 25.7 Å². The van der Waals surface area contributed by atoms with Crippen LogP contribution in [0, 0.1) is 0 Å². The van der Waals surface area contributed by atoms with Crippen LogP contribution in [-0.4, -0.2) is 23.9 Å². The normalized spacial score (nSPS) is 15.5. The molecule has 1 aliphatic carbocycles. The van der Waals surface area contributed by atoms with Crippen LogP contribution in [0.2, 0.25) is 0 Å². The van der Waals surface area contributed by atoms with Crippen molar-refractivity contribution in [2.75, 3.05) is 0 Å². The highest BCUT2D eigenvalue weighted by Gasteiger charge is 2.18. The first-order valence-electron chi connectivity index (χ1n) is 7.75. The molecule has 1 heterocycles. The molecular weight excluding hydrogens is 316 g/mol. The number of rotatable bonds is 3. The highest BCUT2D eigenvalue weighted by atomic mass is 32.1. The molecule has 2 rings (SSSR count). The van der Waals surface area contributed by atoms with Gasteiger partial charge in [-0.15, -0.1) is 11.3 Å². The lowest BCUT2D eigenvalue weighted by molar-refractivity contribution is -0.123. The van der Waals surface area contributed by atoms with Crippen molar-refractivity contribution in [1.82, 2.24) is 16.2 Å². The van der Waals surface area contributed by atoms with Gasteiger partial charge < -0.3 is 11.1 Å². The summed E-state index contributed by atoms with van der Waals surface area (Å²) in [5.41, 5.74) is 10.9. The van der Waals surface area contributed by atoms with Crippen molar-refractivity contribution < 1.29 is 14.4 Å². The van der Waals surface area contributed by atoms with Gasteiger partial charge in [0.25, 0.3) is 11.8 Å². The van der Waals surface area contributed by atoms with Gasteiger partial charge >= 0.3 is 6.03 Å². The maximum absolute atomic E-state index is 12.2. The molecule has 0 saturated heterocycles. The molecule has 7 nitrogen and oxygen atoms in total. The zero-order valence-corrected chi connectivity index (χ0v) is 13.9. The predicted molar refractivity (Wildman–Crippen MR) is 88.0 cm³/mol. The Morgan fingerprint density at radius 3 is 2.52 bits per heavy atom. The van der Waals surface area contributed by atoms with E-state index in [2.05, 4.69) is 16.2 Å². The lowest BCUT2D eigenvalue weighted by Gasteiger charge is -2.12. The lowest BCUT2D eigenvalue weighted by atomic mass is 10.00. The number of hydrogen-bond acceptors (Lipinski definition) is 4. The molecule has 0 fully saturated rings. The van der Waals surface area contributed by atoms with Crippen molar-refractivity contribution in [3.8, 4) is 0 Å². The van der Waals surface area contributed by atoms with Gasteiger partial charge in [0.2, 0.25) is 0 Å². The van der Waals surface area contributed by atoms with Crippen LogP contribution < -0.4 is 21.9 Å². The van der Waals surface area contributed by atoms with Crippen LogP contribution in [0.4, 0.5) is 4.79 Å². The van der Waals surface area contributed by atoms with Crippen molar-refractivity contribution >= 4 is 29.2 Å². The lowest BCUT2D eigenvalue weighted by Crippen LogP contribution is -2.51. The van der Waals surface area contributed by atoms with Crippen LogP contribution >= 0.6 is 11.3 Å². The Morgan fingerprint density at radius 2 is 1.83 bits per heavy atom. The van der Waals surface area contributed by atoms with Crippen LogP contribution in [0.25, 0.3) is 0 Å². The second kappa shape index (κ2) is 7.96. The zero-order chi connectivity index (χ0) is 16.8. The number of nitrogens with two attached hydrogens (primary N) is 1. The average molecular weight is 338 g/mol. The molecule has 23 heavy (non-hydrogen) atoms. The number of amides is 4. The quantitative estimate of drug-likeness (QED) is 0.621. The number of primary amides is 1. The maximum atomic E-state index is 12.2. The summed E-state index contributed by atoms with van der Waals surface area (Å²) in [5, 5.41) is 2.24. The van der Waals surface area contributed by atoms with Crippen LogP contribution in [0.15, 0.2) is 6.07 Å². The minimum absolute atomic E-state index is 0.346. The van der Waals surface area contributed by atoms with E-state index in [0.29, 0.717) is 4.88 Å². The van der Waals surface area contributed by atoms with Crippen molar-refractivity contribution in [2.24, 2.45) is 5.73 Å². The topological polar surface area (TPSA) is 113 Å². The molecule has 1 aromatic rings. The molecule has 5 N–H and O–H groups in total. The van der Waals surface area contributed by atoms with E-state index in [1.54, 1.807) is 0 Å². The summed E-state index contributed by atoms with van der Waals surface area (Å²) in [6, 6.07) is 0.297. The molecule has 0 radical (unpaired) electrons. The number of hydrazine groups is 1. The molecule has 4 amide bonds. The van der Waals surface area contributed by atoms with Gasteiger partial charge in [-0.05, 0) is 44.2 Å². The van der Waals surface area contributed by atoms with Gasteiger partial charge in [0.05, 0.1) is 4.88 Å². The number of hydrogen-bond donors (Lipinski definition) is 4. The molecular formula is C15H22N4O3S. The molecule has 0 unspecified atom stereocenters. The standard InChI is InChI=1S/C15H22N4O3S/c1-9(17-15(16)22)13(20)18-19-14(21)12-8-10-6-4-2-3-5-7-11(10)23-12/h8-9H,2-7H2,1H3,(H,18,20)(H,19,21)(H3,16,17,22)/t9-/m0/s1. The van der Waals surface area contributed by atoms with Crippen LogP contribution in [0.1, 0.15) is 52.7 Å². The third-order valence-electron chi connectivity index (χ3n) is 3.77. The smallest absolute Gasteiger partial charge is 0.312 e. The minimum atomic E-state index is -0.823. The van der Waals surface area contributed by atoms with Crippen molar-refractivity contribution in [3.63, 3.8) is 0 Å². The van der Waals surface area contributed by atoms with Crippen LogP contribution in [0.5, 0.6) is 0 Å². The fourth-order valence-corrected chi connectivity index (χ4v) is 3.67. The molecule has 0 aromatic carbocycles. The maximum Gasteiger partial charge on any atom is 0.312 e. The zero-order valence-electron chi connectivity index (χ0n) is 13.1. The summed E-state index contributed by atoms with van der Waals surface area (Å²) in [4.78, 5) is 36.4. The molecule has 126 valence electrons. The van der Waals surface area contributed by atoms with Gasteiger partial charge in [-0.25, -0.2) is 4.79 Å². The SMILES string of the molecule is C[C@H](NC(N)=O)C(=O)NNC(=O)c1cc2c(s1)CCCCCC2. The largest absolute Gasteiger partial charge is 0.352 e. The summed E-state index contributed by atoms with van der Waals surface area (Å²) in [5.74, 6) is -0.881. The fourth-order valence-electron chi connectivity index (χ4n) is 2.52. The second-order valence-electron chi connectivity index (χ2n) is 5.65. The molecule has 0 bridgehead atoms. The first kappa shape index (κ1) is 17.3. The summed E-state index contributed by atoms with van der Waals surface area (Å²) in [7, 11) is 0. The van der Waals surface area contributed by atoms with Gasteiger partial charge in [-0.3, -0.25) is 20.4 Å². The van der Waals surface area contributed by atoms with E-state index in [9.17, 15) is 14.4 Å². The second-order valence-corrected chi connectivity index (χ2v) is 6.78. The number of fused-ring (bicyclic) bond motifs is 1. The molecule has 1 aromatic heterocycles. The Labute approximate surface area is 139 Å². The number of aryl methyl sites for hydroxylation is 2. The van der Waals surface area contributed by atoms with E-state index in [-0.39, 0.29) is 5.91 Å². The number of carbonyl (C=O) groups excluding carboxylic acids is 3. The van der Waals surface area contributed by atoms with Crippen LogP contribution in [0.3, 0.4) is 0 Å². The molecule has 0 spiro atoms. The summed E-state index contributed by atoms with van der Waals surface area (Å²) >= 11 is 1.48. The van der Waals surface area contributed by atoms with Gasteiger partial charge in [0.15, 0.2) is 0 Å². The van der Waals surface area contributed by atoms with Gasteiger partial charge in [0, 0.05) is 4.88 Å². The Bertz CT molecular complexity index is 574. The molecule has 8 heteroatoms. The van der Waals surface area contributed by atoms with Crippen molar-refractivity contribution in [2.45, 2.75) is 51.5 Å². The third-order valence-corrected chi connectivity index (χ3v) is 5.01. The number of nitrogens with one attached hydrogen (secondary N) is 3. The molecule has 1 aliphatic rings. The van der Waals surface area contributed by atoms with Gasteiger partial charge in [-0.2, -0.15) is 0 Å². The Morgan fingerprint density at radius 1 is 1.13 bits per heavy atom. The summed E-state index contributed by atoms with van der Waals surface area (Å²) in [6.07, 6.45) is 6.79. The first-order valence-corrected chi connectivity index (χ1v) is 8.56. The summed E-state index contributed by atoms with van der Waals surface area (Å²) in [6.45, 7) is 1.48. The third kappa shape index (κ3) is 4.95. The van der Waals surface area contributed by atoms with Crippen molar-refractivity contribution in [3.05, 3.63) is 21.4 Å². The van der Waals surface area contributed by atoms with Gasteiger partial charge in [-0.1, -0.05) is 12.8 Å². The Balaban J connectivity index is 1.92. The summed E-state index contributed by atoms with van der Waals surface area (Å²) < 4.78 is 0. The highest BCUT2D eigenvalue weighted by molar-refractivity contribution is 7.14. The van der Waals surface area contributed by atoms with E-state index >= 15 is 0 Å². The molecule has 1 atom stereocenters. The monoisotopic (exact) mass is 338 g/mol.